The number of amides is 2. The topological polar surface area (TPSA) is 61.8 Å². The lowest BCUT2D eigenvalue weighted by Gasteiger charge is -2.31. The number of rotatable bonds is 6. The van der Waals surface area contributed by atoms with Crippen molar-refractivity contribution < 1.29 is 14.6 Å². The summed E-state index contributed by atoms with van der Waals surface area (Å²) in [6, 6.07) is 7.95. The molecule has 2 amide bonds. The Morgan fingerprint density at radius 3 is 2.91 bits per heavy atom. The van der Waals surface area contributed by atoms with Crippen molar-refractivity contribution in [3.05, 3.63) is 35.4 Å². The molecular formula is C17H26N2O3. The van der Waals surface area contributed by atoms with Crippen molar-refractivity contribution >= 4 is 6.03 Å². The molecule has 0 spiro atoms. The molecule has 122 valence electrons. The van der Waals surface area contributed by atoms with Crippen LogP contribution in [0.5, 0.6) is 0 Å². The lowest BCUT2D eigenvalue weighted by Crippen LogP contribution is -2.46. The fourth-order valence-corrected chi connectivity index (χ4v) is 2.76. The smallest absolute Gasteiger partial charge is 0.317 e. The van der Waals surface area contributed by atoms with E-state index in [-0.39, 0.29) is 18.6 Å². The lowest BCUT2D eigenvalue weighted by atomic mass is 9.99. The molecule has 5 nitrogen and oxygen atoms in total. The van der Waals surface area contributed by atoms with Crippen LogP contribution >= 0.6 is 0 Å². The zero-order valence-electron chi connectivity index (χ0n) is 13.3. The first kappa shape index (κ1) is 16.8. The predicted molar refractivity (Wildman–Crippen MR) is 85.4 cm³/mol. The quantitative estimate of drug-likeness (QED) is 0.846. The van der Waals surface area contributed by atoms with Gasteiger partial charge in [-0.25, -0.2) is 4.79 Å². The van der Waals surface area contributed by atoms with E-state index in [2.05, 4.69) is 5.32 Å². The van der Waals surface area contributed by atoms with Crippen molar-refractivity contribution in [3.63, 3.8) is 0 Å². The Balaban J connectivity index is 1.88. The van der Waals surface area contributed by atoms with Crippen LogP contribution in [0.4, 0.5) is 4.79 Å². The SMILES string of the molecule is CCOCc1ccccc1CNC(=O)N1CCCC(CO)C1. The second kappa shape index (κ2) is 8.76. The van der Waals surface area contributed by atoms with Crippen molar-refractivity contribution in [3.8, 4) is 0 Å². The molecule has 1 atom stereocenters. The number of hydrogen-bond acceptors (Lipinski definition) is 3. The van der Waals surface area contributed by atoms with Gasteiger partial charge in [0, 0.05) is 32.8 Å². The molecule has 1 heterocycles. The molecule has 0 saturated carbocycles. The summed E-state index contributed by atoms with van der Waals surface area (Å²) in [7, 11) is 0. The highest BCUT2D eigenvalue weighted by atomic mass is 16.5. The molecule has 0 aromatic heterocycles. The van der Waals surface area contributed by atoms with E-state index in [0.29, 0.717) is 26.3 Å². The number of hydrogen-bond donors (Lipinski definition) is 2. The van der Waals surface area contributed by atoms with E-state index >= 15 is 0 Å². The first-order chi connectivity index (χ1) is 10.7. The molecule has 1 fully saturated rings. The zero-order valence-corrected chi connectivity index (χ0v) is 13.3. The molecule has 2 rings (SSSR count). The van der Waals surface area contributed by atoms with Crippen LogP contribution in [0.25, 0.3) is 0 Å². The van der Waals surface area contributed by atoms with Gasteiger partial charge in [-0.3, -0.25) is 0 Å². The standard InChI is InChI=1S/C17H26N2O3/c1-2-22-13-16-8-4-3-7-15(16)10-18-17(21)19-9-5-6-14(11-19)12-20/h3-4,7-8,14,20H,2,5-6,9-13H2,1H3,(H,18,21). The van der Waals surface area contributed by atoms with Crippen molar-refractivity contribution in [1.29, 1.82) is 0 Å². The van der Waals surface area contributed by atoms with Gasteiger partial charge in [0.15, 0.2) is 0 Å². The van der Waals surface area contributed by atoms with Crippen LogP contribution in [0.3, 0.4) is 0 Å². The average molecular weight is 306 g/mol. The average Bonchev–Trinajstić information content (AvgIpc) is 2.58. The molecule has 0 aliphatic carbocycles. The minimum Gasteiger partial charge on any atom is -0.396 e. The van der Waals surface area contributed by atoms with Crippen molar-refractivity contribution in [2.24, 2.45) is 5.92 Å². The van der Waals surface area contributed by atoms with Gasteiger partial charge < -0.3 is 20.1 Å². The summed E-state index contributed by atoms with van der Waals surface area (Å²) < 4.78 is 5.46. The number of urea groups is 1. The van der Waals surface area contributed by atoms with Gasteiger partial charge in [-0.05, 0) is 36.8 Å². The molecule has 22 heavy (non-hydrogen) atoms. The largest absolute Gasteiger partial charge is 0.396 e. The number of nitrogens with one attached hydrogen (secondary N) is 1. The summed E-state index contributed by atoms with van der Waals surface area (Å²) in [5.41, 5.74) is 2.19. The summed E-state index contributed by atoms with van der Waals surface area (Å²) >= 11 is 0. The molecule has 5 heteroatoms. The normalized spacial score (nSPS) is 18.3. The highest BCUT2D eigenvalue weighted by Gasteiger charge is 2.22. The number of benzene rings is 1. The molecule has 0 bridgehead atoms. The molecule has 1 aromatic rings. The zero-order chi connectivity index (χ0) is 15.8. The summed E-state index contributed by atoms with van der Waals surface area (Å²) in [4.78, 5) is 14.1. The van der Waals surface area contributed by atoms with Crippen molar-refractivity contribution in [2.75, 3.05) is 26.3 Å². The first-order valence-electron chi connectivity index (χ1n) is 8.02. The Morgan fingerprint density at radius 2 is 2.18 bits per heavy atom. The molecule has 2 N–H and O–H groups in total. The minimum atomic E-state index is -0.0515. The number of piperidine rings is 1. The lowest BCUT2D eigenvalue weighted by molar-refractivity contribution is 0.128. The van der Waals surface area contributed by atoms with Crippen LogP contribution in [-0.2, 0) is 17.9 Å². The van der Waals surface area contributed by atoms with Gasteiger partial charge in [0.05, 0.1) is 6.61 Å². The number of ether oxygens (including phenoxy) is 1. The summed E-state index contributed by atoms with van der Waals surface area (Å²) in [5.74, 6) is 0.213. The van der Waals surface area contributed by atoms with Crippen molar-refractivity contribution in [2.45, 2.75) is 32.9 Å². The van der Waals surface area contributed by atoms with Gasteiger partial charge >= 0.3 is 6.03 Å². The van der Waals surface area contributed by atoms with Crippen LogP contribution in [-0.4, -0.2) is 42.3 Å². The molecule has 1 aliphatic rings. The third-order valence-corrected chi connectivity index (χ3v) is 4.07. The number of aliphatic hydroxyl groups excluding tert-OH is 1. The Bertz CT molecular complexity index is 479. The van der Waals surface area contributed by atoms with Crippen LogP contribution in [0.2, 0.25) is 0 Å². The number of aliphatic hydroxyl groups is 1. The number of likely N-dealkylation sites (tertiary alicyclic amines) is 1. The molecule has 0 radical (unpaired) electrons. The van der Waals surface area contributed by atoms with Crippen LogP contribution in [0.1, 0.15) is 30.9 Å². The number of carbonyl (C=O) groups excluding carboxylic acids is 1. The summed E-state index contributed by atoms with van der Waals surface area (Å²) in [6.45, 7) is 5.28. The maximum atomic E-state index is 12.3. The molecule has 1 saturated heterocycles. The van der Waals surface area contributed by atoms with E-state index in [9.17, 15) is 9.90 Å². The predicted octanol–water partition coefficient (Wildman–Crippen LogP) is 2.14. The molecular weight excluding hydrogens is 280 g/mol. The van der Waals surface area contributed by atoms with Crippen LogP contribution < -0.4 is 5.32 Å². The number of nitrogens with zero attached hydrogens (tertiary/aromatic N) is 1. The monoisotopic (exact) mass is 306 g/mol. The minimum absolute atomic E-state index is 0.0515. The maximum Gasteiger partial charge on any atom is 0.317 e. The van der Waals surface area contributed by atoms with Crippen molar-refractivity contribution in [1.82, 2.24) is 10.2 Å². The van der Waals surface area contributed by atoms with E-state index in [0.717, 1.165) is 30.5 Å². The third-order valence-electron chi connectivity index (χ3n) is 4.07. The fraction of sp³-hybridized carbons (Fsp3) is 0.588. The molecule has 1 unspecified atom stereocenters. The van der Waals surface area contributed by atoms with Gasteiger partial charge in [0.2, 0.25) is 0 Å². The second-order valence-corrected chi connectivity index (χ2v) is 5.70. The van der Waals surface area contributed by atoms with Gasteiger partial charge in [-0.1, -0.05) is 24.3 Å². The van der Waals surface area contributed by atoms with Gasteiger partial charge in [0.1, 0.15) is 0 Å². The van der Waals surface area contributed by atoms with E-state index in [4.69, 9.17) is 4.74 Å². The first-order valence-corrected chi connectivity index (χ1v) is 8.02. The van der Waals surface area contributed by atoms with E-state index < -0.39 is 0 Å². The molecule has 1 aromatic carbocycles. The number of carbonyl (C=O) groups is 1. The Kier molecular flexibility index (Phi) is 6.68. The Morgan fingerprint density at radius 1 is 1.41 bits per heavy atom. The van der Waals surface area contributed by atoms with E-state index in [1.807, 2.05) is 31.2 Å². The highest BCUT2D eigenvalue weighted by Crippen LogP contribution is 2.16. The highest BCUT2D eigenvalue weighted by molar-refractivity contribution is 5.74. The maximum absolute atomic E-state index is 12.3. The third kappa shape index (κ3) is 4.71. The summed E-state index contributed by atoms with van der Waals surface area (Å²) in [6.07, 6.45) is 1.96. The van der Waals surface area contributed by atoms with Crippen LogP contribution in [0.15, 0.2) is 24.3 Å². The summed E-state index contributed by atoms with van der Waals surface area (Å²) in [5, 5.41) is 12.2. The van der Waals surface area contributed by atoms with E-state index in [1.54, 1.807) is 4.90 Å². The van der Waals surface area contributed by atoms with E-state index in [1.165, 1.54) is 0 Å². The Labute approximate surface area is 132 Å². The second-order valence-electron chi connectivity index (χ2n) is 5.70. The Hall–Kier alpha value is -1.59. The van der Waals surface area contributed by atoms with Gasteiger partial charge in [-0.2, -0.15) is 0 Å². The van der Waals surface area contributed by atoms with Gasteiger partial charge in [0.25, 0.3) is 0 Å². The molecule has 1 aliphatic heterocycles. The van der Waals surface area contributed by atoms with Gasteiger partial charge in [-0.15, -0.1) is 0 Å². The van der Waals surface area contributed by atoms with Crippen LogP contribution in [0, 0.1) is 5.92 Å². The fourth-order valence-electron chi connectivity index (χ4n) is 2.76.